The molecule has 35 atom stereocenters. The predicted molar refractivity (Wildman–Crippen MR) is 299 cm³/mol. The van der Waals surface area contributed by atoms with Crippen LogP contribution in [-0.2, 0) is 47.4 Å². The molecule has 5 heterocycles. The average Bonchev–Trinajstić information content (AvgIpc) is 1.51. The molecule has 8 fully saturated rings. The first-order valence-corrected chi connectivity index (χ1v) is 31.4. The first kappa shape index (κ1) is 70.9. The van der Waals surface area contributed by atoms with Crippen LogP contribution in [0, 0.1) is 45.3 Å². The van der Waals surface area contributed by atoms with E-state index >= 15 is 0 Å². The summed E-state index contributed by atoms with van der Waals surface area (Å²) in [5.74, 6) is 0.107. The maximum Gasteiger partial charge on any atom is 0.187 e. The highest BCUT2D eigenvalue weighted by molar-refractivity contribution is 5.32. The first-order chi connectivity index (χ1) is 41.1. The van der Waals surface area contributed by atoms with Crippen LogP contribution in [0.2, 0.25) is 0 Å². The van der Waals surface area contributed by atoms with Gasteiger partial charge in [0.2, 0.25) is 0 Å². The SMILES string of the molecule is C[C@H](CC[C@@H](O[C@@H]1O[C@H](C)[C@@H](O)[C@H](O)[C@H]1O[C@H]1O[C@@H](CO)[C@H](O)[C@@H](O)[C@@H]1O)C(C)(C)O)C1CC[C@@]2(C)C3CC=C4C(CC[C@H](O[C@@H]5O[C@H](CO)[C@@H](O)[C@H](O)[C@H]5OC5O[C@@H](CO[C@@H]6O[C@H](CO)[C@@H](O)[C@H](O)[C@H]6O)[C@H](O)[C@@H](O)[C@@H]5O)C4(C)C)[C@]3(C)[C@H](O)C[C@]12C. The van der Waals surface area contributed by atoms with Crippen molar-refractivity contribution in [2.75, 3.05) is 26.4 Å². The molecule has 0 aromatic heterocycles. The molecular formula is C60H102O28. The molecule has 4 unspecified atom stereocenters. The lowest BCUT2D eigenvalue weighted by molar-refractivity contribution is -0.378. The Hall–Kier alpha value is -1.38. The second-order valence-corrected chi connectivity index (χ2v) is 28.7. The zero-order valence-electron chi connectivity index (χ0n) is 51.7. The summed E-state index contributed by atoms with van der Waals surface area (Å²) < 4.78 is 60.0. The molecule has 88 heavy (non-hydrogen) atoms. The molecule has 28 heteroatoms. The van der Waals surface area contributed by atoms with Crippen LogP contribution in [0.25, 0.3) is 0 Å². The summed E-state index contributed by atoms with van der Waals surface area (Å²) in [6.45, 7) is 14.9. The maximum absolute atomic E-state index is 12.9. The summed E-state index contributed by atoms with van der Waals surface area (Å²) in [4.78, 5) is 0. The van der Waals surface area contributed by atoms with Crippen molar-refractivity contribution in [2.45, 2.75) is 291 Å². The monoisotopic (exact) mass is 1270 g/mol. The average molecular weight is 1270 g/mol. The molecule has 9 rings (SSSR count). The Morgan fingerprint density at radius 1 is 0.545 bits per heavy atom. The quantitative estimate of drug-likeness (QED) is 0.0543. The summed E-state index contributed by atoms with van der Waals surface area (Å²) in [5, 5.41) is 195. The number of hydrogen-bond acceptors (Lipinski definition) is 28. The molecule has 0 spiro atoms. The maximum atomic E-state index is 12.9. The Morgan fingerprint density at radius 3 is 1.59 bits per heavy atom. The largest absolute Gasteiger partial charge is 0.394 e. The van der Waals surface area contributed by atoms with E-state index in [-0.39, 0.29) is 34.5 Å². The first-order valence-electron chi connectivity index (χ1n) is 31.4. The molecule has 9 aliphatic rings. The van der Waals surface area contributed by atoms with Gasteiger partial charge in [0.05, 0.1) is 56.4 Å². The smallest absolute Gasteiger partial charge is 0.187 e. The zero-order chi connectivity index (χ0) is 64.8. The molecule has 3 saturated carbocycles. The van der Waals surface area contributed by atoms with Crippen molar-refractivity contribution in [3.63, 3.8) is 0 Å². The van der Waals surface area contributed by atoms with Crippen LogP contribution in [0.15, 0.2) is 11.6 Å². The Labute approximate surface area is 512 Å². The van der Waals surface area contributed by atoms with Crippen LogP contribution in [0.5, 0.6) is 0 Å². The van der Waals surface area contributed by atoms with Crippen LogP contribution >= 0.6 is 0 Å². The molecule has 0 aromatic carbocycles. The van der Waals surface area contributed by atoms with Gasteiger partial charge in [0.1, 0.15) is 116 Å². The van der Waals surface area contributed by atoms with Gasteiger partial charge in [-0.1, -0.05) is 53.2 Å². The summed E-state index contributed by atoms with van der Waals surface area (Å²) in [5.41, 5.74) is -2.37. The Kier molecular flexibility index (Phi) is 21.8. The molecule has 18 N–H and O–H groups in total. The number of ether oxygens (including phenoxy) is 10. The second-order valence-electron chi connectivity index (χ2n) is 28.7. The lowest BCUT2D eigenvalue weighted by Gasteiger charge is -2.67. The van der Waals surface area contributed by atoms with Gasteiger partial charge in [-0.2, -0.15) is 0 Å². The second kappa shape index (κ2) is 27.0. The summed E-state index contributed by atoms with van der Waals surface area (Å²) in [6, 6.07) is 0. The molecular weight excluding hydrogens is 1170 g/mol. The van der Waals surface area contributed by atoms with Gasteiger partial charge in [-0.25, -0.2) is 0 Å². The van der Waals surface area contributed by atoms with Crippen molar-refractivity contribution >= 4 is 0 Å². The van der Waals surface area contributed by atoms with Crippen LogP contribution < -0.4 is 0 Å². The molecule has 0 bridgehead atoms. The van der Waals surface area contributed by atoms with E-state index in [0.29, 0.717) is 38.5 Å². The topological polar surface area (TPSA) is 456 Å². The van der Waals surface area contributed by atoms with Crippen LogP contribution in [-0.4, -0.2) is 296 Å². The number of rotatable bonds is 19. The molecule has 0 amide bonds. The fraction of sp³-hybridized carbons (Fsp3) is 0.967. The van der Waals surface area contributed by atoms with Gasteiger partial charge in [0.25, 0.3) is 0 Å². The molecule has 4 aliphatic carbocycles. The third-order valence-corrected chi connectivity index (χ3v) is 22.9. The van der Waals surface area contributed by atoms with E-state index < -0.39 is 215 Å². The van der Waals surface area contributed by atoms with Gasteiger partial charge < -0.3 is 139 Å². The van der Waals surface area contributed by atoms with E-state index in [1.807, 2.05) is 13.8 Å². The number of aliphatic hydroxyl groups is 18. The van der Waals surface area contributed by atoms with Crippen molar-refractivity contribution in [3.05, 3.63) is 11.6 Å². The van der Waals surface area contributed by atoms with Crippen LogP contribution in [0.1, 0.15) is 114 Å². The minimum absolute atomic E-state index is 0.0388. The highest BCUT2D eigenvalue weighted by Gasteiger charge is 2.71. The lowest BCUT2D eigenvalue weighted by Crippen LogP contribution is -2.66. The van der Waals surface area contributed by atoms with Crippen molar-refractivity contribution in [1.29, 1.82) is 0 Å². The zero-order valence-corrected chi connectivity index (χ0v) is 51.7. The van der Waals surface area contributed by atoms with E-state index in [0.717, 1.165) is 18.4 Å². The van der Waals surface area contributed by atoms with E-state index in [1.54, 1.807) is 13.8 Å². The summed E-state index contributed by atoms with van der Waals surface area (Å²) >= 11 is 0. The van der Waals surface area contributed by atoms with Crippen LogP contribution in [0.4, 0.5) is 0 Å². The molecule has 5 saturated heterocycles. The van der Waals surface area contributed by atoms with E-state index in [1.165, 1.54) is 6.92 Å². The Bertz CT molecular complexity index is 2330. The third-order valence-electron chi connectivity index (χ3n) is 22.9. The molecule has 510 valence electrons. The predicted octanol–water partition coefficient (Wildman–Crippen LogP) is -4.38. The number of fused-ring (bicyclic) bond motifs is 5. The highest BCUT2D eigenvalue weighted by Crippen LogP contribution is 2.75. The van der Waals surface area contributed by atoms with Gasteiger partial charge in [-0.15, -0.1) is 0 Å². The lowest BCUT2D eigenvalue weighted by atomic mass is 9.38. The number of allylic oxidation sites excluding steroid dienone is 1. The van der Waals surface area contributed by atoms with Crippen molar-refractivity contribution in [2.24, 2.45) is 45.3 Å². The molecule has 0 aromatic rings. The van der Waals surface area contributed by atoms with E-state index in [2.05, 4.69) is 33.8 Å². The summed E-state index contributed by atoms with van der Waals surface area (Å²) in [7, 11) is 0. The molecule has 28 nitrogen and oxygen atoms in total. The van der Waals surface area contributed by atoms with Gasteiger partial charge in [0.15, 0.2) is 31.5 Å². The van der Waals surface area contributed by atoms with Crippen molar-refractivity contribution in [3.8, 4) is 0 Å². The number of aliphatic hydroxyl groups excluding tert-OH is 17. The molecule has 5 aliphatic heterocycles. The minimum atomic E-state index is -1.96. The Morgan fingerprint density at radius 2 is 1.03 bits per heavy atom. The number of hydrogen-bond donors (Lipinski definition) is 18. The van der Waals surface area contributed by atoms with E-state index in [9.17, 15) is 91.9 Å². The summed E-state index contributed by atoms with van der Waals surface area (Å²) in [6.07, 6.45) is -36.1. The normalized spacial score (nSPS) is 52.2. The minimum Gasteiger partial charge on any atom is -0.394 e. The molecule has 0 radical (unpaired) electrons. The standard InChI is InChI=1S/C60H102O28/c1-23(10-14-35(57(5,6)78)86-54-49(44(73)36(65)24(2)80-54)87-52-47(76)42(71)38(67)29(20-62)82-52)25-16-17-58(7)32-13-11-26-27(60(32,9)33(64)18-59(25,58)8)12-15-34(56(26,3)4)85-55-50(45(74)39(68)30(21-63)83-55)88-53-48(77)43(72)40(69)31(84-53)22-79-51-46(75)41(70)37(66)28(19-61)81-51/h11,23-25,27-55,61-78H,10,12-22H2,1-9H3/t23-,24-,25?,27?,28-,29+,30-,31+,32?,33-,34+,35-,36-,37-,38+,39-,40+,41+,42-,43-,44+,45+,46-,47+,48+,49-,50-,51-,52-,53?,54+,55+,58+,59-,60+/m1/s1. The van der Waals surface area contributed by atoms with Gasteiger partial charge in [-0.05, 0) is 107 Å². The van der Waals surface area contributed by atoms with Crippen LogP contribution in [0.3, 0.4) is 0 Å². The fourth-order valence-electron chi connectivity index (χ4n) is 17.0. The highest BCUT2D eigenvalue weighted by atomic mass is 16.8. The third kappa shape index (κ3) is 12.6. The fourth-order valence-corrected chi connectivity index (χ4v) is 17.0. The van der Waals surface area contributed by atoms with Gasteiger partial charge in [-0.3, -0.25) is 0 Å². The van der Waals surface area contributed by atoms with Crippen molar-refractivity contribution < 1.29 is 139 Å². The van der Waals surface area contributed by atoms with Gasteiger partial charge >= 0.3 is 0 Å². The van der Waals surface area contributed by atoms with E-state index in [4.69, 9.17) is 47.4 Å². The van der Waals surface area contributed by atoms with Gasteiger partial charge in [0, 0.05) is 10.8 Å². The Balaban J connectivity index is 0.878. The van der Waals surface area contributed by atoms with Crippen molar-refractivity contribution in [1.82, 2.24) is 0 Å².